The number of sulfonamides is 1. The number of hydrogen-bond donors (Lipinski definition) is 1. The van der Waals surface area contributed by atoms with E-state index in [1.807, 2.05) is 13.8 Å². The molecule has 1 atom stereocenters. The molecule has 40 heavy (non-hydrogen) atoms. The number of hydrogen-bond acceptors (Lipinski definition) is 4. The van der Waals surface area contributed by atoms with Crippen LogP contribution >= 0.6 is 34.8 Å². The predicted octanol–water partition coefficient (Wildman–Crippen LogP) is 6.48. The molecular weight excluding hydrogens is 593 g/mol. The van der Waals surface area contributed by atoms with Crippen LogP contribution in [0.3, 0.4) is 0 Å². The van der Waals surface area contributed by atoms with Crippen molar-refractivity contribution in [3.05, 3.63) is 92.9 Å². The van der Waals surface area contributed by atoms with Crippen LogP contribution in [-0.4, -0.2) is 43.8 Å². The zero-order valence-electron chi connectivity index (χ0n) is 22.7. The Hall–Kier alpha value is -2.78. The summed E-state index contributed by atoms with van der Waals surface area (Å²) in [5.74, 6) is -0.921. The number of amides is 2. The van der Waals surface area contributed by atoms with Crippen LogP contribution < -0.4 is 9.62 Å². The summed E-state index contributed by atoms with van der Waals surface area (Å²) >= 11 is 18.7. The lowest BCUT2D eigenvalue weighted by molar-refractivity contribution is -0.140. The van der Waals surface area contributed by atoms with E-state index < -0.39 is 28.5 Å². The van der Waals surface area contributed by atoms with E-state index in [1.54, 1.807) is 62.4 Å². The van der Waals surface area contributed by atoms with Crippen LogP contribution in [-0.2, 0) is 26.2 Å². The van der Waals surface area contributed by atoms with Gasteiger partial charge in [-0.2, -0.15) is 0 Å². The summed E-state index contributed by atoms with van der Waals surface area (Å²) < 4.78 is 28.7. The highest BCUT2D eigenvalue weighted by atomic mass is 35.5. The monoisotopic (exact) mass is 623 g/mol. The van der Waals surface area contributed by atoms with E-state index in [9.17, 15) is 18.0 Å². The zero-order chi connectivity index (χ0) is 29.6. The van der Waals surface area contributed by atoms with E-state index in [0.717, 1.165) is 9.87 Å². The fourth-order valence-corrected chi connectivity index (χ4v) is 6.04. The fourth-order valence-electron chi connectivity index (χ4n) is 4.12. The van der Waals surface area contributed by atoms with Gasteiger partial charge in [-0.05, 0) is 74.7 Å². The summed E-state index contributed by atoms with van der Waals surface area (Å²) in [6.07, 6.45) is 0.299. The number of halogens is 3. The first-order valence-electron chi connectivity index (χ1n) is 12.7. The standard InChI is InChI=1S/C29H32Cl3N3O4S/c1-5-27(29(37)33-19(2)3)34(17-21-12-14-24(30)26(32)15-21)28(36)18-35(22-13-11-20(4)25(31)16-22)40(38,39)23-9-7-6-8-10-23/h6-16,19,27H,5,17-18H2,1-4H3,(H,33,37)/t27-/m1/s1. The molecule has 0 spiro atoms. The summed E-state index contributed by atoms with van der Waals surface area (Å²) in [7, 11) is -4.18. The Bertz CT molecular complexity index is 1470. The maximum atomic E-state index is 14.1. The Morgan fingerprint density at radius 3 is 2.15 bits per heavy atom. The molecule has 3 rings (SSSR count). The molecule has 0 aliphatic heterocycles. The number of nitrogens with one attached hydrogen (secondary N) is 1. The lowest BCUT2D eigenvalue weighted by Gasteiger charge is -2.33. The quantitative estimate of drug-likeness (QED) is 0.265. The van der Waals surface area contributed by atoms with Gasteiger partial charge in [0, 0.05) is 17.6 Å². The molecule has 11 heteroatoms. The van der Waals surface area contributed by atoms with Crippen molar-refractivity contribution < 1.29 is 18.0 Å². The Balaban J connectivity index is 2.09. The van der Waals surface area contributed by atoms with E-state index in [4.69, 9.17) is 34.8 Å². The van der Waals surface area contributed by atoms with E-state index in [2.05, 4.69) is 5.32 Å². The Morgan fingerprint density at radius 1 is 0.900 bits per heavy atom. The summed E-state index contributed by atoms with van der Waals surface area (Å²) in [6, 6.07) is 16.5. The Labute approximate surface area is 251 Å². The second-order valence-corrected chi connectivity index (χ2v) is 12.7. The number of carbonyl (C=O) groups excluding carboxylic acids is 2. The molecule has 1 N–H and O–H groups in total. The first-order chi connectivity index (χ1) is 18.8. The summed E-state index contributed by atoms with van der Waals surface area (Å²) in [5, 5.41) is 3.87. The molecule has 7 nitrogen and oxygen atoms in total. The molecule has 214 valence electrons. The summed E-state index contributed by atoms with van der Waals surface area (Å²) in [5.41, 5.74) is 1.61. The first kappa shape index (κ1) is 31.7. The second-order valence-electron chi connectivity index (χ2n) is 9.62. The minimum atomic E-state index is -4.18. The number of carbonyl (C=O) groups is 2. The van der Waals surface area contributed by atoms with E-state index >= 15 is 0 Å². The Morgan fingerprint density at radius 2 is 1.57 bits per heavy atom. The highest BCUT2D eigenvalue weighted by Crippen LogP contribution is 2.29. The van der Waals surface area contributed by atoms with Crippen molar-refractivity contribution in [3.8, 4) is 0 Å². The van der Waals surface area contributed by atoms with Crippen molar-refractivity contribution in [1.29, 1.82) is 0 Å². The van der Waals surface area contributed by atoms with Crippen molar-refractivity contribution in [2.24, 2.45) is 0 Å². The maximum Gasteiger partial charge on any atom is 0.264 e. The highest BCUT2D eigenvalue weighted by molar-refractivity contribution is 7.92. The minimum Gasteiger partial charge on any atom is -0.352 e. The smallest absolute Gasteiger partial charge is 0.264 e. The molecule has 3 aromatic rings. The van der Waals surface area contributed by atoms with Gasteiger partial charge in [-0.3, -0.25) is 13.9 Å². The fraction of sp³-hybridized carbons (Fsp3) is 0.310. The van der Waals surface area contributed by atoms with Crippen molar-refractivity contribution in [1.82, 2.24) is 10.2 Å². The van der Waals surface area contributed by atoms with Gasteiger partial charge in [0.25, 0.3) is 10.0 Å². The van der Waals surface area contributed by atoms with Crippen molar-refractivity contribution in [3.63, 3.8) is 0 Å². The molecule has 0 saturated carbocycles. The van der Waals surface area contributed by atoms with Crippen LogP contribution in [0.4, 0.5) is 5.69 Å². The van der Waals surface area contributed by atoms with Gasteiger partial charge in [0.05, 0.1) is 20.6 Å². The topological polar surface area (TPSA) is 86.8 Å². The summed E-state index contributed by atoms with van der Waals surface area (Å²) in [6.45, 7) is 6.68. The molecule has 0 aliphatic rings. The molecule has 0 radical (unpaired) electrons. The molecule has 0 bridgehead atoms. The average Bonchev–Trinajstić information content (AvgIpc) is 2.90. The van der Waals surface area contributed by atoms with E-state index in [1.165, 1.54) is 23.1 Å². The van der Waals surface area contributed by atoms with Gasteiger partial charge in [-0.1, -0.05) is 72.1 Å². The maximum absolute atomic E-state index is 14.1. The van der Waals surface area contributed by atoms with Gasteiger partial charge in [-0.15, -0.1) is 0 Å². The van der Waals surface area contributed by atoms with E-state index in [-0.39, 0.29) is 29.1 Å². The van der Waals surface area contributed by atoms with Gasteiger partial charge >= 0.3 is 0 Å². The lowest BCUT2D eigenvalue weighted by atomic mass is 10.1. The first-order valence-corrected chi connectivity index (χ1v) is 15.3. The third-order valence-electron chi connectivity index (χ3n) is 6.21. The van der Waals surface area contributed by atoms with Crippen LogP contribution in [0, 0.1) is 6.92 Å². The molecule has 0 saturated heterocycles. The van der Waals surface area contributed by atoms with Gasteiger partial charge in [-0.25, -0.2) is 8.42 Å². The van der Waals surface area contributed by atoms with Crippen LogP contribution in [0.1, 0.15) is 38.3 Å². The molecular formula is C29H32Cl3N3O4S. The number of benzene rings is 3. The minimum absolute atomic E-state index is 0.00756. The average molecular weight is 625 g/mol. The zero-order valence-corrected chi connectivity index (χ0v) is 25.8. The number of nitrogens with zero attached hydrogens (tertiary/aromatic N) is 2. The molecule has 0 heterocycles. The molecule has 0 unspecified atom stereocenters. The third-order valence-corrected chi connectivity index (χ3v) is 9.14. The van der Waals surface area contributed by atoms with Crippen LogP contribution in [0.2, 0.25) is 15.1 Å². The molecule has 0 fully saturated rings. The number of anilines is 1. The molecule has 3 aromatic carbocycles. The number of rotatable bonds is 11. The largest absolute Gasteiger partial charge is 0.352 e. The van der Waals surface area contributed by atoms with Crippen molar-refractivity contribution in [2.75, 3.05) is 10.8 Å². The predicted molar refractivity (Wildman–Crippen MR) is 162 cm³/mol. The molecule has 0 aliphatic carbocycles. The van der Waals surface area contributed by atoms with E-state index in [0.29, 0.717) is 27.1 Å². The molecule has 0 aromatic heterocycles. The van der Waals surface area contributed by atoms with Crippen LogP contribution in [0.15, 0.2) is 71.6 Å². The SMILES string of the molecule is CC[C@H](C(=O)NC(C)C)N(Cc1ccc(Cl)c(Cl)c1)C(=O)CN(c1ccc(C)c(Cl)c1)S(=O)(=O)c1ccccc1. The lowest BCUT2D eigenvalue weighted by Crippen LogP contribution is -2.53. The van der Waals surface area contributed by atoms with Gasteiger partial charge < -0.3 is 10.2 Å². The van der Waals surface area contributed by atoms with Crippen molar-refractivity contribution >= 4 is 62.3 Å². The van der Waals surface area contributed by atoms with Crippen LogP contribution in [0.5, 0.6) is 0 Å². The second kappa shape index (κ2) is 13.7. The van der Waals surface area contributed by atoms with Crippen LogP contribution in [0.25, 0.3) is 0 Å². The van der Waals surface area contributed by atoms with Gasteiger partial charge in [0.2, 0.25) is 11.8 Å². The summed E-state index contributed by atoms with van der Waals surface area (Å²) in [4.78, 5) is 28.6. The Kier molecular flexibility index (Phi) is 10.9. The highest BCUT2D eigenvalue weighted by Gasteiger charge is 2.34. The third kappa shape index (κ3) is 7.69. The van der Waals surface area contributed by atoms with Crippen molar-refractivity contribution in [2.45, 2.75) is 57.6 Å². The number of aryl methyl sites for hydroxylation is 1. The normalized spacial score (nSPS) is 12.2. The van der Waals surface area contributed by atoms with Gasteiger partial charge in [0.15, 0.2) is 0 Å². The molecule has 2 amide bonds. The van der Waals surface area contributed by atoms with Gasteiger partial charge in [0.1, 0.15) is 12.6 Å².